The number of carbonyl (C=O) groups excluding carboxylic acids is 1. The first kappa shape index (κ1) is 6.24. The number of rotatable bonds is 1. The Hall–Kier alpha value is -0.880. The maximum absolute atomic E-state index is 10.6. The second-order valence-electron chi connectivity index (χ2n) is 2.16. The molecule has 0 radical (unpaired) electrons. The van der Waals surface area contributed by atoms with Gasteiger partial charge in [0.15, 0.2) is 0 Å². The first-order valence-corrected chi connectivity index (χ1v) is 2.94. The van der Waals surface area contributed by atoms with Crippen molar-refractivity contribution in [2.45, 2.75) is 6.42 Å². The summed E-state index contributed by atoms with van der Waals surface area (Å²) in [4.78, 5) is 12.4. The van der Waals surface area contributed by atoms with Crippen LogP contribution in [-0.2, 0) is 4.79 Å². The number of nitriles is 1. The summed E-state index contributed by atoms with van der Waals surface area (Å²) in [7, 11) is 0. The highest BCUT2D eigenvalue weighted by Gasteiger charge is 2.17. The number of hydrogen-bond donors (Lipinski definition) is 0. The molecule has 0 unspecified atom stereocenters. The van der Waals surface area contributed by atoms with E-state index in [0.717, 1.165) is 6.54 Å². The zero-order valence-corrected chi connectivity index (χ0v) is 5.13. The van der Waals surface area contributed by atoms with Crippen molar-refractivity contribution in [3.05, 3.63) is 0 Å². The van der Waals surface area contributed by atoms with E-state index in [4.69, 9.17) is 5.26 Å². The van der Waals surface area contributed by atoms with E-state index in [1.54, 1.807) is 0 Å². The van der Waals surface area contributed by atoms with E-state index >= 15 is 0 Å². The zero-order valence-electron chi connectivity index (χ0n) is 5.13. The lowest BCUT2D eigenvalue weighted by atomic mass is 10.4. The Morgan fingerprint density at radius 2 is 2.56 bits per heavy atom. The molecule has 1 saturated heterocycles. The number of Topliss-reactive ketones (excluding diaryl/α,β-unsaturated/α-hetero) is 1. The van der Waals surface area contributed by atoms with Gasteiger partial charge in [0.25, 0.3) is 0 Å². The minimum Gasteiger partial charge on any atom is -0.298 e. The molecule has 0 amide bonds. The molecule has 1 aliphatic rings. The van der Waals surface area contributed by atoms with Crippen molar-refractivity contribution in [3.63, 3.8) is 0 Å². The van der Waals surface area contributed by atoms with E-state index < -0.39 is 0 Å². The molecule has 0 saturated carbocycles. The highest BCUT2D eigenvalue weighted by Crippen LogP contribution is 2.01. The summed E-state index contributed by atoms with van der Waals surface area (Å²) in [5.41, 5.74) is 0. The summed E-state index contributed by atoms with van der Waals surface area (Å²) in [5.74, 6) is 0.255. The predicted octanol–water partition coefficient (Wildman–Crippen LogP) is -0.215. The zero-order chi connectivity index (χ0) is 6.69. The van der Waals surface area contributed by atoms with Crippen molar-refractivity contribution in [2.75, 3.05) is 19.6 Å². The van der Waals surface area contributed by atoms with Crippen molar-refractivity contribution in [1.29, 1.82) is 5.26 Å². The Morgan fingerprint density at radius 1 is 1.78 bits per heavy atom. The molecule has 0 atom stereocenters. The summed E-state index contributed by atoms with van der Waals surface area (Å²) in [6.45, 7) is 1.64. The minimum atomic E-state index is 0.255. The number of ketones is 1. The maximum Gasteiger partial charge on any atom is 0.148 e. The summed E-state index contributed by atoms with van der Waals surface area (Å²) in [5, 5.41) is 8.21. The summed E-state index contributed by atoms with van der Waals surface area (Å²) >= 11 is 0. The van der Waals surface area contributed by atoms with Crippen molar-refractivity contribution < 1.29 is 4.79 Å². The molecule has 9 heavy (non-hydrogen) atoms. The van der Waals surface area contributed by atoms with E-state index in [1.165, 1.54) is 0 Å². The second-order valence-corrected chi connectivity index (χ2v) is 2.16. The van der Waals surface area contributed by atoms with Gasteiger partial charge in [-0.05, 0) is 0 Å². The van der Waals surface area contributed by atoms with Crippen LogP contribution >= 0.6 is 0 Å². The lowest BCUT2D eigenvalue weighted by molar-refractivity contribution is -0.116. The molecule has 0 spiro atoms. The van der Waals surface area contributed by atoms with Crippen molar-refractivity contribution in [1.82, 2.24) is 4.90 Å². The molecule has 0 N–H and O–H groups in total. The standard InChI is InChI=1S/C6H8N2O/c7-2-4-8-3-1-6(9)5-8/h1,3-5H2. The number of likely N-dealkylation sites (tertiary alicyclic amines) is 1. The molecule has 3 heteroatoms. The fraction of sp³-hybridized carbons (Fsp3) is 0.667. The fourth-order valence-corrected chi connectivity index (χ4v) is 0.925. The minimum absolute atomic E-state index is 0.255. The van der Waals surface area contributed by atoms with Gasteiger partial charge in [-0.1, -0.05) is 0 Å². The van der Waals surface area contributed by atoms with Crippen molar-refractivity contribution in [2.24, 2.45) is 0 Å². The van der Waals surface area contributed by atoms with Gasteiger partial charge in [0.1, 0.15) is 5.78 Å². The van der Waals surface area contributed by atoms with Crippen molar-refractivity contribution >= 4 is 5.78 Å². The monoisotopic (exact) mass is 124 g/mol. The van der Waals surface area contributed by atoms with Gasteiger partial charge in [-0.3, -0.25) is 9.69 Å². The molecule has 0 aromatic heterocycles. The van der Waals surface area contributed by atoms with Gasteiger partial charge in [-0.15, -0.1) is 0 Å². The van der Waals surface area contributed by atoms with Gasteiger partial charge >= 0.3 is 0 Å². The van der Waals surface area contributed by atoms with Crippen molar-refractivity contribution in [3.8, 4) is 6.07 Å². The molecular weight excluding hydrogens is 116 g/mol. The average molecular weight is 124 g/mol. The third-order valence-electron chi connectivity index (χ3n) is 1.40. The molecule has 1 rings (SSSR count). The SMILES string of the molecule is N#CCN1CCC(=O)C1. The van der Waals surface area contributed by atoms with Gasteiger partial charge < -0.3 is 0 Å². The van der Waals surface area contributed by atoms with E-state index in [1.807, 2.05) is 11.0 Å². The Bertz CT molecular complexity index is 159. The highest BCUT2D eigenvalue weighted by atomic mass is 16.1. The van der Waals surface area contributed by atoms with Crippen LogP contribution in [-0.4, -0.2) is 30.3 Å². The normalized spacial score (nSPS) is 20.1. The summed E-state index contributed by atoms with van der Waals surface area (Å²) in [6, 6.07) is 2.00. The molecule has 1 fully saturated rings. The molecule has 1 aliphatic heterocycles. The predicted molar refractivity (Wildman–Crippen MR) is 31.7 cm³/mol. The number of hydrogen-bond acceptors (Lipinski definition) is 3. The van der Waals surface area contributed by atoms with Crippen LogP contribution in [0.15, 0.2) is 0 Å². The lowest BCUT2D eigenvalue weighted by Gasteiger charge is -2.05. The molecule has 0 aromatic rings. The van der Waals surface area contributed by atoms with E-state index in [9.17, 15) is 4.79 Å². The third kappa shape index (κ3) is 1.51. The molecular formula is C6H8N2O. The number of carbonyl (C=O) groups is 1. The summed E-state index contributed by atoms with van der Waals surface area (Å²) < 4.78 is 0. The van der Waals surface area contributed by atoms with Gasteiger partial charge in [0, 0.05) is 13.0 Å². The Morgan fingerprint density at radius 3 is 3.00 bits per heavy atom. The fourth-order valence-electron chi connectivity index (χ4n) is 0.925. The number of nitrogens with zero attached hydrogens (tertiary/aromatic N) is 2. The van der Waals surface area contributed by atoms with Crippen LogP contribution in [0.25, 0.3) is 0 Å². The largest absolute Gasteiger partial charge is 0.298 e. The van der Waals surface area contributed by atoms with Crippen LogP contribution in [0.2, 0.25) is 0 Å². The molecule has 0 aromatic carbocycles. The Kier molecular flexibility index (Phi) is 1.81. The van der Waals surface area contributed by atoms with Crippen LogP contribution < -0.4 is 0 Å². The Labute approximate surface area is 53.9 Å². The van der Waals surface area contributed by atoms with E-state index in [0.29, 0.717) is 19.5 Å². The summed E-state index contributed by atoms with van der Waals surface area (Å²) in [6.07, 6.45) is 0.627. The first-order chi connectivity index (χ1) is 4.33. The van der Waals surface area contributed by atoms with E-state index in [-0.39, 0.29) is 5.78 Å². The Balaban J connectivity index is 2.32. The first-order valence-electron chi connectivity index (χ1n) is 2.94. The maximum atomic E-state index is 10.6. The quantitative estimate of drug-likeness (QED) is 0.454. The van der Waals surface area contributed by atoms with Crippen LogP contribution in [0.5, 0.6) is 0 Å². The average Bonchev–Trinajstić information content (AvgIpc) is 2.17. The van der Waals surface area contributed by atoms with E-state index in [2.05, 4.69) is 0 Å². The molecule has 0 aliphatic carbocycles. The smallest absolute Gasteiger partial charge is 0.148 e. The van der Waals surface area contributed by atoms with Gasteiger partial charge in [-0.25, -0.2) is 0 Å². The van der Waals surface area contributed by atoms with Gasteiger partial charge in [0.05, 0.1) is 19.2 Å². The van der Waals surface area contributed by atoms with Crippen LogP contribution in [0.4, 0.5) is 0 Å². The van der Waals surface area contributed by atoms with Crippen LogP contribution in [0, 0.1) is 11.3 Å². The highest BCUT2D eigenvalue weighted by molar-refractivity contribution is 5.82. The van der Waals surface area contributed by atoms with Gasteiger partial charge in [-0.2, -0.15) is 5.26 Å². The molecule has 3 nitrogen and oxygen atoms in total. The van der Waals surface area contributed by atoms with Crippen LogP contribution in [0.3, 0.4) is 0 Å². The second kappa shape index (κ2) is 2.60. The lowest BCUT2D eigenvalue weighted by Crippen LogP contribution is -2.20. The third-order valence-corrected chi connectivity index (χ3v) is 1.40. The van der Waals surface area contributed by atoms with Gasteiger partial charge in [0.2, 0.25) is 0 Å². The topological polar surface area (TPSA) is 44.1 Å². The molecule has 0 bridgehead atoms. The van der Waals surface area contributed by atoms with Crippen LogP contribution in [0.1, 0.15) is 6.42 Å². The molecule has 1 heterocycles. The molecule has 48 valence electrons.